The molecule has 0 radical (unpaired) electrons. The molecule has 0 aliphatic rings. The zero-order chi connectivity index (χ0) is 16.2. The summed E-state index contributed by atoms with van der Waals surface area (Å²) >= 11 is 0. The van der Waals surface area contributed by atoms with Gasteiger partial charge in [-0.15, -0.1) is 0 Å². The van der Waals surface area contributed by atoms with Crippen LogP contribution in [0, 0.1) is 13.8 Å². The summed E-state index contributed by atoms with van der Waals surface area (Å²) in [6.07, 6.45) is 0. The van der Waals surface area contributed by atoms with Gasteiger partial charge in [0.15, 0.2) is 0 Å². The molecule has 0 spiro atoms. The van der Waals surface area contributed by atoms with Crippen LogP contribution in [0.3, 0.4) is 0 Å². The molecule has 0 saturated heterocycles. The molecule has 1 rings (SSSR count). The summed E-state index contributed by atoms with van der Waals surface area (Å²) in [7, 11) is 0. The van der Waals surface area contributed by atoms with Crippen molar-refractivity contribution in [2.75, 3.05) is 17.2 Å². The van der Waals surface area contributed by atoms with E-state index in [4.69, 9.17) is 0 Å². The lowest BCUT2D eigenvalue weighted by Crippen LogP contribution is -2.47. The molecule has 1 heterocycles. The number of aryl methyl sites for hydroxylation is 1. The van der Waals surface area contributed by atoms with Gasteiger partial charge in [-0.25, -0.2) is 9.97 Å². The van der Waals surface area contributed by atoms with E-state index in [0.717, 1.165) is 17.9 Å². The number of rotatable bonds is 5. The van der Waals surface area contributed by atoms with Crippen LogP contribution in [0.5, 0.6) is 0 Å². The van der Waals surface area contributed by atoms with Crippen LogP contribution in [-0.4, -0.2) is 34.0 Å². The van der Waals surface area contributed by atoms with Gasteiger partial charge in [0.1, 0.15) is 23.5 Å². The van der Waals surface area contributed by atoms with Gasteiger partial charge in [-0.05, 0) is 48.5 Å². The van der Waals surface area contributed by atoms with Crippen LogP contribution in [0.25, 0.3) is 0 Å². The third-order valence-electron chi connectivity index (χ3n) is 2.85. The molecule has 0 bridgehead atoms. The number of carbonyl (C=O) groups is 1. The molecule has 3 N–H and O–H groups in total. The fourth-order valence-corrected chi connectivity index (χ4v) is 1.86. The summed E-state index contributed by atoms with van der Waals surface area (Å²) in [6.45, 7) is 14.3. The third kappa shape index (κ3) is 5.21. The minimum absolute atomic E-state index is 0.0526. The molecule has 6 heteroatoms. The quantitative estimate of drug-likeness (QED) is 0.776. The van der Waals surface area contributed by atoms with Crippen LogP contribution < -0.4 is 16.0 Å². The van der Waals surface area contributed by atoms with Crippen molar-refractivity contribution < 1.29 is 4.79 Å². The molecule has 1 aromatic rings. The van der Waals surface area contributed by atoms with Crippen molar-refractivity contribution in [3.05, 3.63) is 11.4 Å². The van der Waals surface area contributed by atoms with Crippen LogP contribution in [0.4, 0.5) is 11.6 Å². The Morgan fingerprint density at radius 2 is 1.76 bits per heavy atom. The number of aromatic nitrogens is 2. The Morgan fingerprint density at radius 1 is 1.19 bits per heavy atom. The lowest BCUT2D eigenvalue weighted by Gasteiger charge is -2.24. The number of nitrogens with zero attached hydrogens (tertiary/aromatic N) is 2. The number of anilines is 2. The van der Waals surface area contributed by atoms with Gasteiger partial charge < -0.3 is 16.0 Å². The second-order valence-corrected chi connectivity index (χ2v) is 6.23. The second kappa shape index (κ2) is 6.74. The molecule has 6 nitrogen and oxygen atoms in total. The average Bonchev–Trinajstić information content (AvgIpc) is 2.33. The molecule has 0 saturated carbocycles. The fraction of sp³-hybridized carbons (Fsp3) is 0.667. The van der Waals surface area contributed by atoms with Gasteiger partial charge in [0.2, 0.25) is 5.91 Å². The maximum absolute atomic E-state index is 12.1. The van der Waals surface area contributed by atoms with E-state index in [-0.39, 0.29) is 17.5 Å². The van der Waals surface area contributed by atoms with E-state index in [2.05, 4.69) is 25.9 Å². The van der Waals surface area contributed by atoms with Crippen LogP contribution in [0.2, 0.25) is 0 Å². The highest BCUT2D eigenvalue weighted by molar-refractivity contribution is 5.84. The van der Waals surface area contributed by atoms with Crippen molar-refractivity contribution in [1.29, 1.82) is 0 Å². The monoisotopic (exact) mass is 293 g/mol. The molecule has 0 aromatic carbocycles. The summed E-state index contributed by atoms with van der Waals surface area (Å²) in [5, 5.41) is 9.33. The number of amides is 1. The molecule has 1 amide bonds. The lowest BCUT2D eigenvalue weighted by molar-refractivity contribution is -0.122. The van der Waals surface area contributed by atoms with Gasteiger partial charge in [-0.2, -0.15) is 0 Å². The summed E-state index contributed by atoms with van der Waals surface area (Å²) in [5.74, 6) is 2.11. The predicted octanol–water partition coefficient (Wildman–Crippen LogP) is 2.24. The van der Waals surface area contributed by atoms with Crippen molar-refractivity contribution in [3.63, 3.8) is 0 Å². The Kier molecular flexibility index (Phi) is 5.52. The highest BCUT2D eigenvalue weighted by Crippen LogP contribution is 2.20. The molecular formula is C15H27N5O. The summed E-state index contributed by atoms with van der Waals surface area (Å²) in [4.78, 5) is 20.9. The van der Waals surface area contributed by atoms with Crippen molar-refractivity contribution in [1.82, 2.24) is 15.3 Å². The molecule has 0 fully saturated rings. The van der Waals surface area contributed by atoms with E-state index in [1.165, 1.54) is 0 Å². The molecule has 1 aromatic heterocycles. The van der Waals surface area contributed by atoms with Gasteiger partial charge in [-0.3, -0.25) is 4.79 Å². The second-order valence-electron chi connectivity index (χ2n) is 6.23. The van der Waals surface area contributed by atoms with Crippen LogP contribution in [0.1, 0.15) is 46.0 Å². The summed E-state index contributed by atoms with van der Waals surface area (Å²) in [6, 6.07) is -0.369. The predicted molar refractivity (Wildman–Crippen MR) is 86.7 cm³/mol. The van der Waals surface area contributed by atoms with Crippen molar-refractivity contribution in [2.24, 2.45) is 0 Å². The Morgan fingerprint density at radius 3 is 2.29 bits per heavy atom. The van der Waals surface area contributed by atoms with Crippen LogP contribution >= 0.6 is 0 Å². The molecule has 1 atom stereocenters. The molecule has 0 aliphatic carbocycles. The molecule has 118 valence electrons. The Labute approximate surface area is 127 Å². The van der Waals surface area contributed by atoms with Gasteiger partial charge in [0.25, 0.3) is 0 Å². The Bertz CT molecular complexity index is 508. The first-order chi connectivity index (χ1) is 9.64. The SMILES string of the molecule is CCNc1nc(C)nc(NC(C)C(=O)NC(C)(C)C)c1C. The van der Waals surface area contributed by atoms with E-state index in [9.17, 15) is 4.79 Å². The van der Waals surface area contributed by atoms with Crippen LogP contribution in [0.15, 0.2) is 0 Å². The van der Waals surface area contributed by atoms with E-state index in [0.29, 0.717) is 11.6 Å². The Balaban J connectivity index is 2.89. The smallest absolute Gasteiger partial charge is 0.242 e. The maximum atomic E-state index is 12.1. The van der Waals surface area contributed by atoms with Crippen molar-refractivity contribution in [3.8, 4) is 0 Å². The number of hydrogen-bond acceptors (Lipinski definition) is 5. The molecule has 0 aliphatic heterocycles. The number of nitrogens with one attached hydrogen (secondary N) is 3. The van der Waals surface area contributed by atoms with E-state index in [1.807, 2.05) is 48.5 Å². The Hall–Kier alpha value is -1.85. The van der Waals surface area contributed by atoms with Crippen molar-refractivity contribution in [2.45, 2.75) is 60.0 Å². The van der Waals surface area contributed by atoms with Crippen molar-refractivity contribution >= 4 is 17.5 Å². The minimum Gasteiger partial charge on any atom is -0.370 e. The average molecular weight is 293 g/mol. The highest BCUT2D eigenvalue weighted by Gasteiger charge is 2.20. The maximum Gasteiger partial charge on any atom is 0.242 e. The fourth-order valence-electron chi connectivity index (χ4n) is 1.86. The first-order valence-corrected chi connectivity index (χ1v) is 7.31. The van der Waals surface area contributed by atoms with E-state index >= 15 is 0 Å². The normalized spacial score (nSPS) is 12.7. The molecular weight excluding hydrogens is 266 g/mol. The largest absolute Gasteiger partial charge is 0.370 e. The third-order valence-corrected chi connectivity index (χ3v) is 2.85. The molecule has 21 heavy (non-hydrogen) atoms. The summed E-state index contributed by atoms with van der Waals surface area (Å²) in [5.41, 5.74) is 0.663. The van der Waals surface area contributed by atoms with E-state index < -0.39 is 0 Å². The van der Waals surface area contributed by atoms with Gasteiger partial charge in [0, 0.05) is 17.6 Å². The highest BCUT2D eigenvalue weighted by atomic mass is 16.2. The first-order valence-electron chi connectivity index (χ1n) is 7.31. The van der Waals surface area contributed by atoms with E-state index in [1.54, 1.807) is 0 Å². The lowest BCUT2D eigenvalue weighted by atomic mass is 10.1. The topological polar surface area (TPSA) is 78.9 Å². The summed E-state index contributed by atoms with van der Waals surface area (Å²) < 4.78 is 0. The minimum atomic E-state index is -0.369. The zero-order valence-electron chi connectivity index (χ0n) is 14.1. The van der Waals surface area contributed by atoms with Gasteiger partial charge in [-0.1, -0.05) is 0 Å². The number of carbonyl (C=O) groups excluding carboxylic acids is 1. The first kappa shape index (κ1) is 17.2. The standard InChI is InChI=1S/C15H27N5O/c1-8-16-12-9(2)13(19-11(4)18-12)17-10(3)14(21)20-15(5,6)7/h10H,8H2,1-7H3,(H,20,21)(H2,16,17,18,19). The zero-order valence-corrected chi connectivity index (χ0v) is 14.1. The van der Waals surface area contributed by atoms with Crippen LogP contribution in [-0.2, 0) is 4.79 Å². The van der Waals surface area contributed by atoms with Gasteiger partial charge >= 0.3 is 0 Å². The van der Waals surface area contributed by atoms with Gasteiger partial charge in [0.05, 0.1) is 0 Å². The number of hydrogen-bond donors (Lipinski definition) is 3. The molecule has 1 unspecified atom stereocenters.